The number of benzene rings is 2. The summed E-state index contributed by atoms with van der Waals surface area (Å²) in [5.41, 5.74) is 4.05. The number of hydrogen-bond acceptors (Lipinski definition) is 8. The van der Waals surface area contributed by atoms with Gasteiger partial charge in [-0.05, 0) is 79.3 Å². The van der Waals surface area contributed by atoms with Crippen LogP contribution in [0.3, 0.4) is 0 Å². The molecule has 5 rings (SSSR count). The highest BCUT2D eigenvalue weighted by Crippen LogP contribution is 2.31. The molecule has 3 heterocycles. The molecule has 10 nitrogen and oxygen atoms in total. The lowest BCUT2D eigenvalue weighted by Crippen LogP contribution is -2.41. The summed E-state index contributed by atoms with van der Waals surface area (Å²) in [5, 5.41) is 14.5. The Kier molecular flexibility index (Phi) is 7.48. The number of rotatable bonds is 7. The first-order valence-corrected chi connectivity index (χ1v) is 13.3. The molecule has 0 spiro atoms. The van der Waals surface area contributed by atoms with Crippen molar-refractivity contribution in [2.75, 3.05) is 56.8 Å². The molecule has 3 N–H and O–H groups in total. The van der Waals surface area contributed by atoms with E-state index in [0.717, 1.165) is 29.7 Å². The fourth-order valence-electron chi connectivity index (χ4n) is 4.68. The molecule has 1 amide bonds. The predicted octanol–water partition coefficient (Wildman–Crippen LogP) is 4.83. The number of H-pyrrole nitrogens is 1. The van der Waals surface area contributed by atoms with Crippen molar-refractivity contribution in [1.29, 1.82) is 0 Å². The summed E-state index contributed by atoms with van der Waals surface area (Å²) in [5.74, 6) is 0.859. The van der Waals surface area contributed by atoms with Crippen molar-refractivity contribution in [3.8, 4) is 0 Å². The number of hydrogen-bond donors (Lipinski definition) is 3. The molecule has 4 aromatic rings. The highest BCUT2D eigenvalue weighted by Gasteiger charge is 2.21. The van der Waals surface area contributed by atoms with Crippen molar-refractivity contribution in [2.24, 2.45) is 0 Å². The number of aromatic amines is 1. The van der Waals surface area contributed by atoms with E-state index in [2.05, 4.69) is 82.8 Å². The Morgan fingerprint density at radius 3 is 2.47 bits per heavy atom. The van der Waals surface area contributed by atoms with Crippen LogP contribution in [0.5, 0.6) is 0 Å². The summed E-state index contributed by atoms with van der Waals surface area (Å²) < 4.78 is 0.676. The minimum atomic E-state index is -0.126. The van der Waals surface area contributed by atoms with E-state index in [1.807, 2.05) is 18.2 Å². The summed E-state index contributed by atoms with van der Waals surface area (Å²) in [6, 6.07) is 12.7. The van der Waals surface area contributed by atoms with Gasteiger partial charge in [-0.15, -0.1) is 0 Å². The zero-order chi connectivity index (χ0) is 26.8. The summed E-state index contributed by atoms with van der Waals surface area (Å²) in [7, 11) is 7.77. The second-order valence-corrected chi connectivity index (χ2v) is 10.8. The lowest BCUT2D eigenvalue weighted by atomic mass is 10.0. The second kappa shape index (κ2) is 11.0. The molecule has 2 aromatic heterocycles. The standard InChI is InChI=1S/C27H32BrN9O/c1-35(2)19-9-11-37(12-10-19)20-7-5-18(6-8-20)31-27-29-16-22(28)25(33-27)32-24-13-17-15-30-34-23(17)14-21(24)26(38)36(3)4/h5-8,13-16,19H,9-12H2,1-4H3,(H,30,34)(H2,29,31,32,33). The van der Waals surface area contributed by atoms with Crippen LogP contribution in [-0.4, -0.2) is 83.2 Å². The third kappa shape index (κ3) is 5.58. The van der Waals surface area contributed by atoms with Crippen LogP contribution in [0, 0.1) is 0 Å². The summed E-state index contributed by atoms with van der Waals surface area (Å²) >= 11 is 3.54. The number of anilines is 5. The van der Waals surface area contributed by atoms with Gasteiger partial charge in [-0.25, -0.2) is 4.98 Å². The lowest BCUT2D eigenvalue weighted by molar-refractivity contribution is 0.0828. The van der Waals surface area contributed by atoms with Gasteiger partial charge in [0.15, 0.2) is 0 Å². The molecule has 1 saturated heterocycles. The number of aromatic nitrogens is 4. The fourth-order valence-corrected chi connectivity index (χ4v) is 4.97. The molecule has 0 saturated carbocycles. The van der Waals surface area contributed by atoms with Gasteiger partial charge in [0.1, 0.15) is 5.82 Å². The number of carbonyl (C=O) groups is 1. The largest absolute Gasteiger partial charge is 0.371 e. The smallest absolute Gasteiger partial charge is 0.255 e. The van der Waals surface area contributed by atoms with E-state index in [1.54, 1.807) is 37.5 Å². The van der Waals surface area contributed by atoms with Gasteiger partial charge < -0.3 is 25.3 Å². The topological polar surface area (TPSA) is 105 Å². The summed E-state index contributed by atoms with van der Waals surface area (Å²) in [4.78, 5) is 28.3. The number of fused-ring (bicyclic) bond motifs is 1. The number of piperidine rings is 1. The van der Waals surface area contributed by atoms with Crippen molar-refractivity contribution in [3.05, 3.63) is 58.8 Å². The number of halogens is 1. The van der Waals surface area contributed by atoms with Crippen LogP contribution in [0.25, 0.3) is 10.9 Å². The van der Waals surface area contributed by atoms with Crippen LogP contribution >= 0.6 is 15.9 Å². The highest BCUT2D eigenvalue weighted by molar-refractivity contribution is 9.10. The Labute approximate surface area is 230 Å². The predicted molar refractivity (Wildman–Crippen MR) is 156 cm³/mol. The van der Waals surface area contributed by atoms with Gasteiger partial charge >= 0.3 is 0 Å². The Morgan fingerprint density at radius 1 is 1.05 bits per heavy atom. The van der Waals surface area contributed by atoms with Crippen LogP contribution < -0.4 is 15.5 Å². The van der Waals surface area contributed by atoms with Crippen LogP contribution in [0.2, 0.25) is 0 Å². The maximum atomic E-state index is 12.9. The zero-order valence-corrected chi connectivity index (χ0v) is 23.6. The minimum absolute atomic E-state index is 0.126. The van der Waals surface area contributed by atoms with E-state index in [9.17, 15) is 4.79 Å². The molecule has 0 bridgehead atoms. The minimum Gasteiger partial charge on any atom is -0.371 e. The van der Waals surface area contributed by atoms with Crippen LogP contribution in [0.1, 0.15) is 23.2 Å². The zero-order valence-electron chi connectivity index (χ0n) is 22.0. The van der Waals surface area contributed by atoms with E-state index in [1.165, 1.54) is 18.5 Å². The van der Waals surface area contributed by atoms with E-state index in [0.29, 0.717) is 33.5 Å². The third-order valence-electron chi connectivity index (χ3n) is 6.90. The van der Waals surface area contributed by atoms with Gasteiger partial charge in [0.25, 0.3) is 5.91 Å². The summed E-state index contributed by atoms with van der Waals surface area (Å²) in [6.45, 7) is 2.12. The van der Waals surface area contributed by atoms with Crippen molar-refractivity contribution in [2.45, 2.75) is 18.9 Å². The molecular weight excluding hydrogens is 546 g/mol. The van der Waals surface area contributed by atoms with E-state index < -0.39 is 0 Å². The number of amides is 1. The third-order valence-corrected chi connectivity index (χ3v) is 7.48. The van der Waals surface area contributed by atoms with Crippen molar-refractivity contribution in [3.63, 3.8) is 0 Å². The normalized spacial score (nSPS) is 14.2. The number of nitrogens with one attached hydrogen (secondary N) is 3. The lowest BCUT2D eigenvalue weighted by Gasteiger charge is -2.36. The first-order chi connectivity index (χ1) is 18.3. The maximum Gasteiger partial charge on any atom is 0.255 e. The average molecular weight is 579 g/mol. The first-order valence-electron chi connectivity index (χ1n) is 12.6. The van der Waals surface area contributed by atoms with Crippen molar-refractivity contribution < 1.29 is 4.79 Å². The monoisotopic (exact) mass is 577 g/mol. The number of carbonyl (C=O) groups excluding carboxylic acids is 1. The van der Waals surface area contributed by atoms with Crippen molar-refractivity contribution in [1.82, 2.24) is 30.0 Å². The average Bonchev–Trinajstić information content (AvgIpc) is 3.37. The van der Waals surface area contributed by atoms with E-state index in [-0.39, 0.29) is 5.91 Å². The van der Waals surface area contributed by atoms with Gasteiger partial charge in [0.05, 0.1) is 27.4 Å². The molecule has 0 unspecified atom stereocenters. The van der Waals surface area contributed by atoms with Gasteiger partial charge in [0.2, 0.25) is 5.95 Å². The molecular formula is C27H32BrN9O. The SMILES string of the molecule is CN(C)C(=O)c1cc2[nH]ncc2cc1Nc1nc(Nc2ccc(N3CCC(N(C)C)CC3)cc2)ncc1Br. The Hall–Kier alpha value is -3.70. The Morgan fingerprint density at radius 2 is 1.79 bits per heavy atom. The van der Waals surface area contributed by atoms with Gasteiger partial charge in [-0.3, -0.25) is 9.89 Å². The highest BCUT2D eigenvalue weighted by atomic mass is 79.9. The van der Waals surface area contributed by atoms with Crippen LogP contribution in [0.4, 0.5) is 28.8 Å². The van der Waals surface area contributed by atoms with Gasteiger partial charge in [0, 0.05) is 56.2 Å². The van der Waals surface area contributed by atoms with Gasteiger partial charge in [-0.2, -0.15) is 10.1 Å². The molecule has 1 fully saturated rings. The molecule has 1 aliphatic rings. The quantitative estimate of drug-likeness (QED) is 0.287. The molecule has 198 valence electrons. The molecule has 0 aliphatic carbocycles. The van der Waals surface area contributed by atoms with Gasteiger partial charge in [-0.1, -0.05) is 0 Å². The molecule has 11 heteroatoms. The molecule has 1 aliphatic heterocycles. The molecule has 2 aromatic carbocycles. The molecule has 38 heavy (non-hydrogen) atoms. The van der Waals surface area contributed by atoms with E-state index >= 15 is 0 Å². The Balaban J connectivity index is 1.33. The van der Waals surface area contributed by atoms with E-state index in [4.69, 9.17) is 0 Å². The second-order valence-electron chi connectivity index (χ2n) is 9.92. The fraction of sp³-hybridized carbons (Fsp3) is 0.333. The summed E-state index contributed by atoms with van der Waals surface area (Å²) in [6.07, 6.45) is 5.75. The first kappa shape index (κ1) is 25.9. The van der Waals surface area contributed by atoms with Crippen LogP contribution in [-0.2, 0) is 0 Å². The molecule has 0 radical (unpaired) electrons. The Bertz CT molecular complexity index is 1430. The maximum absolute atomic E-state index is 12.9. The number of nitrogens with zero attached hydrogens (tertiary/aromatic N) is 6. The molecule has 0 atom stereocenters. The van der Waals surface area contributed by atoms with Crippen molar-refractivity contribution >= 4 is 61.6 Å². The van der Waals surface area contributed by atoms with Crippen LogP contribution in [0.15, 0.2) is 53.3 Å².